The minimum atomic E-state index is -4.43. The Morgan fingerprint density at radius 3 is 2.62 bits per heavy atom. The molecule has 0 saturated heterocycles. The van der Waals surface area contributed by atoms with E-state index in [2.05, 4.69) is 10.1 Å². The molecule has 0 aliphatic heterocycles. The maximum Gasteiger partial charge on any atom is 0.411 e. The Bertz CT molecular complexity index is 426. The molecular weight excluding hydrogens is 294 g/mol. The van der Waals surface area contributed by atoms with Crippen LogP contribution in [0.4, 0.5) is 17.6 Å². The minimum Gasteiger partial charge on any atom is -0.464 e. The van der Waals surface area contributed by atoms with Crippen molar-refractivity contribution in [3.63, 3.8) is 0 Å². The summed E-state index contributed by atoms with van der Waals surface area (Å²) in [5, 5.41) is 3.04. The second kappa shape index (κ2) is 8.81. The van der Waals surface area contributed by atoms with Gasteiger partial charge in [-0.25, -0.2) is 4.39 Å². The third-order valence-electron chi connectivity index (χ3n) is 2.37. The zero-order valence-electron chi connectivity index (χ0n) is 11.5. The van der Waals surface area contributed by atoms with Crippen molar-refractivity contribution in [2.45, 2.75) is 12.7 Å². The van der Waals surface area contributed by atoms with E-state index < -0.39 is 25.4 Å². The Balaban J connectivity index is 2.36. The van der Waals surface area contributed by atoms with E-state index in [9.17, 15) is 17.6 Å². The monoisotopic (exact) mass is 311 g/mol. The van der Waals surface area contributed by atoms with Crippen molar-refractivity contribution in [1.82, 2.24) is 5.32 Å². The summed E-state index contributed by atoms with van der Waals surface area (Å²) >= 11 is 0. The number of ether oxygens (including phenoxy) is 3. The molecule has 0 spiro atoms. The first-order valence-corrected chi connectivity index (χ1v) is 6.18. The number of nitrogens with one attached hydrogen (secondary N) is 1. The standard InChI is InChI=1S/C13H17F4NO3/c1-19-5-4-18-7-10-2-3-12(11(14)6-10)21-9-20-8-13(15,16)17/h2-3,6,18H,4-5,7-9H2,1H3. The summed E-state index contributed by atoms with van der Waals surface area (Å²) in [6.45, 7) is -0.481. The van der Waals surface area contributed by atoms with Gasteiger partial charge in [0.2, 0.25) is 0 Å². The molecule has 1 rings (SSSR count). The molecule has 1 aromatic carbocycles. The fraction of sp³-hybridized carbons (Fsp3) is 0.538. The molecule has 4 nitrogen and oxygen atoms in total. The van der Waals surface area contributed by atoms with E-state index in [4.69, 9.17) is 9.47 Å². The number of rotatable bonds is 9. The number of methoxy groups -OCH3 is 1. The Morgan fingerprint density at radius 2 is 2.00 bits per heavy atom. The quantitative estimate of drug-likeness (QED) is 0.432. The van der Waals surface area contributed by atoms with Gasteiger partial charge in [0.05, 0.1) is 6.61 Å². The van der Waals surface area contributed by atoms with E-state index in [1.54, 1.807) is 13.2 Å². The van der Waals surface area contributed by atoms with E-state index >= 15 is 0 Å². The molecule has 0 heterocycles. The van der Waals surface area contributed by atoms with Crippen LogP contribution in [0.2, 0.25) is 0 Å². The molecule has 0 aliphatic carbocycles. The summed E-state index contributed by atoms with van der Waals surface area (Å²) in [7, 11) is 1.58. The molecular formula is C13H17F4NO3. The maximum absolute atomic E-state index is 13.6. The molecule has 0 saturated carbocycles. The Kier molecular flexibility index (Phi) is 7.41. The predicted octanol–water partition coefficient (Wildman–Crippen LogP) is 2.48. The summed E-state index contributed by atoms with van der Waals surface area (Å²) in [4.78, 5) is 0. The van der Waals surface area contributed by atoms with E-state index in [1.165, 1.54) is 12.1 Å². The predicted molar refractivity (Wildman–Crippen MR) is 67.5 cm³/mol. The average Bonchev–Trinajstić information content (AvgIpc) is 2.40. The molecule has 0 bridgehead atoms. The number of hydrogen-bond donors (Lipinski definition) is 1. The topological polar surface area (TPSA) is 39.7 Å². The molecule has 8 heteroatoms. The Hall–Kier alpha value is -1.38. The van der Waals surface area contributed by atoms with Crippen LogP contribution < -0.4 is 10.1 Å². The lowest BCUT2D eigenvalue weighted by atomic mass is 10.2. The van der Waals surface area contributed by atoms with Crippen LogP contribution in [0.15, 0.2) is 18.2 Å². The van der Waals surface area contributed by atoms with Gasteiger partial charge in [-0.2, -0.15) is 13.2 Å². The van der Waals surface area contributed by atoms with Gasteiger partial charge in [-0.3, -0.25) is 0 Å². The van der Waals surface area contributed by atoms with Crippen molar-refractivity contribution in [3.8, 4) is 5.75 Å². The van der Waals surface area contributed by atoms with Crippen LogP contribution in [-0.2, 0) is 16.0 Å². The highest BCUT2D eigenvalue weighted by molar-refractivity contribution is 5.29. The minimum absolute atomic E-state index is 0.155. The second-order valence-electron chi connectivity index (χ2n) is 4.16. The molecule has 21 heavy (non-hydrogen) atoms. The zero-order chi connectivity index (χ0) is 15.7. The van der Waals surface area contributed by atoms with Crippen molar-refractivity contribution in [2.75, 3.05) is 33.7 Å². The molecule has 0 unspecified atom stereocenters. The highest BCUT2D eigenvalue weighted by atomic mass is 19.4. The van der Waals surface area contributed by atoms with Gasteiger partial charge in [0.25, 0.3) is 0 Å². The molecule has 120 valence electrons. The van der Waals surface area contributed by atoms with Gasteiger partial charge >= 0.3 is 6.18 Å². The lowest BCUT2D eigenvalue weighted by Gasteiger charge is -2.11. The molecule has 0 amide bonds. The fourth-order valence-corrected chi connectivity index (χ4v) is 1.44. The van der Waals surface area contributed by atoms with E-state index in [0.29, 0.717) is 25.3 Å². The van der Waals surface area contributed by atoms with Crippen LogP contribution in [0.25, 0.3) is 0 Å². The van der Waals surface area contributed by atoms with Crippen molar-refractivity contribution < 1.29 is 31.8 Å². The molecule has 1 aromatic rings. The summed E-state index contributed by atoms with van der Waals surface area (Å²) in [6.07, 6.45) is -4.43. The van der Waals surface area contributed by atoms with Gasteiger partial charge in [0.1, 0.15) is 6.61 Å². The van der Waals surface area contributed by atoms with Crippen LogP contribution in [-0.4, -0.2) is 39.8 Å². The molecule has 0 aliphatic rings. The number of alkyl halides is 3. The highest BCUT2D eigenvalue weighted by Gasteiger charge is 2.27. The summed E-state index contributed by atoms with van der Waals surface area (Å²) in [5.74, 6) is -0.811. The fourth-order valence-electron chi connectivity index (χ4n) is 1.44. The first-order valence-electron chi connectivity index (χ1n) is 6.18. The van der Waals surface area contributed by atoms with Gasteiger partial charge in [0.15, 0.2) is 18.4 Å². The first-order chi connectivity index (χ1) is 9.92. The summed E-state index contributed by atoms with van der Waals surface area (Å²) in [6, 6.07) is 4.21. The lowest BCUT2D eigenvalue weighted by molar-refractivity contribution is -0.187. The average molecular weight is 311 g/mol. The molecule has 0 fully saturated rings. The van der Waals surface area contributed by atoms with Crippen LogP contribution >= 0.6 is 0 Å². The molecule has 0 aromatic heterocycles. The van der Waals surface area contributed by atoms with E-state index in [-0.39, 0.29) is 5.75 Å². The van der Waals surface area contributed by atoms with Gasteiger partial charge < -0.3 is 19.5 Å². The third-order valence-corrected chi connectivity index (χ3v) is 2.37. The lowest BCUT2D eigenvalue weighted by Crippen LogP contribution is -2.19. The first kappa shape index (κ1) is 17.7. The van der Waals surface area contributed by atoms with Crippen LogP contribution in [0.5, 0.6) is 5.75 Å². The molecule has 1 N–H and O–H groups in total. The van der Waals surface area contributed by atoms with Crippen molar-refractivity contribution in [2.24, 2.45) is 0 Å². The number of benzene rings is 1. The van der Waals surface area contributed by atoms with Crippen LogP contribution in [0.3, 0.4) is 0 Å². The van der Waals surface area contributed by atoms with Gasteiger partial charge in [-0.05, 0) is 17.7 Å². The third kappa shape index (κ3) is 7.84. The largest absolute Gasteiger partial charge is 0.464 e. The van der Waals surface area contributed by atoms with Crippen molar-refractivity contribution >= 4 is 0 Å². The highest BCUT2D eigenvalue weighted by Crippen LogP contribution is 2.19. The van der Waals surface area contributed by atoms with Gasteiger partial charge in [0, 0.05) is 20.2 Å². The zero-order valence-corrected chi connectivity index (χ0v) is 11.5. The summed E-state index contributed by atoms with van der Waals surface area (Å²) < 4.78 is 63.0. The van der Waals surface area contributed by atoms with Crippen LogP contribution in [0.1, 0.15) is 5.56 Å². The van der Waals surface area contributed by atoms with Crippen molar-refractivity contribution in [1.29, 1.82) is 0 Å². The molecule has 0 radical (unpaired) electrons. The number of hydrogen-bond acceptors (Lipinski definition) is 4. The van der Waals surface area contributed by atoms with Crippen LogP contribution in [0, 0.1) is 5.82 Å². The van der Waals surface area contributed by atoms with Crippen molar-refractivity contribution in [3.05, 3.63) is 29.6 Å². The Labute approximate surface area is 120 Å². The SMILES string of the molecule is COCCNCc1ccc(OCOCC(F)(F)F)c(F)c1. The smallest absolute Gasteiger partial charge is 0.411 e. The number of halogens is 4. The van der Waals surface area contributed by atoms with Gasteiger partial charge in [-0.1, -0.05) is 6.07 Å². The molecule has 0 atom stereocenters. The van der Waals surface area contributed by atoms with Gasteiger partial charge in [-0.15, -0.1) is 0 Å². The Morgan fingerprint density at radius 1 is 1.24 bits per heavy atom. The summed E-state index contributed by atoms with van der Waals surface area (Å²) in [5.41, 5.74) is 0.687. The van der Waals surface area contributed by atoms with E-state index in [0.717, 1.165) is 0 Å². The second-order valence-corrected chi connectivity index (χ2v) is 4.16. The van der Waals surface area contributed by atoms with E-state index in [1.807, 2.05) is 0 Å². The normalized spacial score (nSPS) is 11.7. The maximum atomic E-state index is 13.6.